The summed E-state index contributed by atoms with van der Waals surface area (Å²) in [6.45, 7) is 17.2. The van der Waals surface area contributed by atoms with Crippen molar-refractivity contribution in [2.24, 2.45) is 0 Å². The molecule has 1 saturated heterocycles. The standard InChI is InChI=1S/C42H68ClN3OS/c1-6-7-8-11-17-29-46(31-19-13-20-32-48,33-40(47)44-42-36(4)25-26-38(43)37(42)5)30-18-12-9-10-15-27-45-28-16-14-24-39(45)41-34(2)22-21-23-35(41)3/h21-23,25-26,39H,6-20,24,27-33H2,1-5H3,(H-,44,47,48)/p+1. The van der Waals surface area contributed by atoms with Crippen molar-refractivity contribution in [3.05, 3.63) is 63.2 Å². The summed E-state index contributed by atoms with van der Waals surface area (Å²) in [5.74, 6) is 1.07. The molecule has 2 aromatic rings. The number of thiol groups is 1. The highest BCUT2D eigenvalue weighted by atomic mass is 35.5. The molecule has 2 unspecified atom stereocenters. The number of hydrogen-bond acceptors (Lipinski definition) is 3. The number of nitrogens with one attached hydrogen (secondary N) is 1. The van der Waals surface area contributed by atoms with E-state index in [2.05, 4.69) is 68.7 Å². The van der Waals surface area contributed by atoms with Gasteiger partial charge in [-0.15, -0.1) is 0 Å². The van der Waals surface area contributed by atoms with Gasteiger partial charge < -0.3 is 9.80 Å². The fraction of sp³-hybridized carbons (Fsp3) is 0.690. The van der Waals surface area contributed by atoms with Gasteiger partial charge in [0.15, 0.2) is 6.54 Å². The number of carbonyl (C=O) groups excluding carboxylic acids is 1. The number of likely N-dealkylation sites (tertiary alicyclic amines) is 1. The predicted molar refractivity (Wildman–Crippen MR) is 213 cm³/mol. The number of halogens is 1. The van der Waals surface area contributed by atoms with Gasteiger partial charge in [0.05, 0.1) is 19.6 Å². The quantitative estimate of drug-likeness (QED) is 0.0688. The number of anilines is 1. The molecule has 1 fully saturated rings. The Labute approximate surface area is 305 Å². The van der Waals surface area contributed by atoms with E-state index in [1.807, 2.05) is 19.1 Å². The molecule has 1 heterocycles. The van der Waals surface area contributed by atoms with E-state index in [9.17, 15) is 4.79 Å². The lowest BCUT2D eigenvalue weighted by atomic mass is 9.89. The first-order valence-corrected chi connectivity index (χ1v) is 20.5. The van der Waals surface area contributed by atoms with E-state index in [1.165, 1.54) is 114 Å². The van der Waals surface area contributed by atoms with Crippen LogP contribution in [-0.2, 0) is 4.79 Å². The molecular formula is C42H69ClN3OS+. The fourth-order valence-corrected chi connectivity index (χ4v) is 8.47. The highest BCUT2D eigenvalue weighted by Crippen LogP contribution is 2.35. The van der Waals surface area contributed by atoms with Crippen LogP contribution in [0.4, 0.5) is 5.69 Å². The number of quaternary nitrogens is 1. The first-order valence-electron chi connectivity index (χ1n) is 19.5. The van der Waals surface area contributed by atoms with Crippen LogP contribution in [0.5, 0.6) is 0 Å². The van der Waals surface area contributed by atoms with Crippen molar-refractivity contribution in [3.8, 4) is 0 Å². The summed E-state index contributed by atoms with van der Waals surface area (Å²) in [4.78, 5) is 16.6. The van der Waals surface area contributed by atoms with Gasteiger partial charge in [0.1, 0.15) is 0 Å². The van der Waals surface area contributed by atoms with Crippen LogP contribution < -0.4 is 5.32 Å². The minimum absolute atomic E-state index is 0.131. The maximum atomic E-state index is 13.8. The molecule has 0 radical (unpaired) electrons. The number of unbranched alkanes of at least 4 members (excludes halogenated alkanes) is 10. The lowest BCUT2D eigenvalue weighted by Gasteiger charge is -2.39. The largest absolute Gasteiger partial charge is 0.321 e. The maximum absolute atomic E-state index is 13.8. The van der Waals surface area contributed by atoms with Crippen molar-refractivity contribution >= 4 is 35.8 Å². The second-order valence-corrected chi connectivity index (χ2v) is 15.8. The lowest BCUT2D eigenvalue weighted by Crippen LogP contribution is -2.54. The van der Waals surface area contributed by atoms with Gasteiger partial charge >= 0.3 is 0 Å². The molecule has 1 N–H and O–H groups in total. The van der Waals surface area contributed by atoms with Gasteiger partial charge in [-0.1, -0.05) is 81.3 Å². The molecule has 0 spiro atoms. The zero-order valence-electron chi connectivity index (χ0n) is 31.4. The van der Waals surface area contributed by atoms with E-state index < -0.39 is 0 Å². The third-order valence-corrected chi connectivity index (χ3v) is 11.7. The molecule has 0 aliphatic carbocycles. The summed E-state index contributed by atoms with van der Waals surface area (Å²) in [6.07, 6.45) is 20.1. The predicted octanol–water partition coefficient (Wildman–Crippen LogP) is 11.6. The first-order chi connectivity index (χ1) is 23.2. The van der Waals surface area contributed by atoms with Gasteiger partial charge in [0.25, 0.3) is 5.91 Å². The monoisotopic (exact) mass is 698 g/mol. The molecule has 1 aliphatic heterocycles. The Morgan fingerprint density at radius 3 is 2.06 bits per heavy atom. The van der Waals surface area contributed by atoms with E-state index in [0.29, 0.717) is 17.6 Å². The topological polar surface area (TPSA) is 32.3 Å². The summed E-state index contributed by atoms with van der Waals surface area (Å²) in [7, 11) is 0. The van der Waals surface area contributed by atoms with Gasteiger partial charge in [-0.05, 0) is 145 Å². The first kappa shape index (κ1) is 40.9. The van der Waals surface area contributed by atoms with Gasteiger partial charge in [-0.25, -0.2) is 0 Å². The zero-order valence-corrected chi connectivity index (χ0v) is 33.0. The number of benzene rings is 2. The Bertz CT molecular complexity index is 1220. The minimum Gasteiger partial charge on any atom is -0.321 e. The SMILES string of the molecule is CCCCCCC[N+](CCCCCS)(CCCCCCCN1CCCCC1c1c(C)cccc1C)CC(=O)Nc1c(C)ccc(Cl)c1C. The lowest BCUT2D eigenvalue weighted by molar-refractivity contribution is -0.921. The Hall–Kier alpha value is -1.53. The molecule has 270 valence electrons. The number of piperidine rings is 1. The van der Waals surface area contributed by atoms with Crippen LogP contribution in [0.25, 0.3) is 0 Å². The van der Waals surface area contributed by atoms with Crippen LogP contribution >= 0.6 is 24.2 Å². The number of amides is 1. The normalized spacial score (nSPS) is 16.6. The van der Waals surface area contributed by atoms with Crippen LogP contribution in [0.2, 0.25) is 5.02 Å². The van der Waals surface area contributed by atoms with Crippen molar-refractivity contribution in [3.63, 3.8) is 0 Å². The molecule has 2 aromatic carbocycles. The average Bonchev–Trinajstić information content (AvgIpc) is 3.07. The Kier molecular flexibility index (Phi) is 19.0. The molecule has 0 saturated carbocycles. The molecule has 0 bridgehead atoms. The zero-order chi connectivity index (χ0) is 34.8. The van der Waals surface area contributed by atoms with Crippen molar-refractivity contribution in [1.82, 2.24) is 4.90 Å². The molecule has 3 rings (SSSR count). The molecule has 48 heavy (non-hydrogen) atoms. The number of carbonyl (C=O) groups is 1. The van der Waals surface area contributed by atoms with Gasteiger partial charge in [0.2, 0.25) is 0 Å². The van der Waals surface area contributed by atoms with E-state index in [0.717, 1.165) is 59.5 Å². The summed E-state index contributed by atoms with van der Waals surface area (Å²) in [5, 5.41) is 4.01. The van der Waals surface area contributed by atoms with E-state index in [1.54, 1.807) is 5.56 Å². The fourth-order valence-electron chi connectivity index (χ4n) is 8.09. The molecule has 6 heteroatoms. The van der Waals surface area contributed by atoms with Crippen LogP contribution in [0.1, 0.15) is 144 Å². The van der Waals surface area contributed by atoms with Crippen molar-refractivity contribution < 1.29 is 9.28 Å². The molecule has 1 amide bonds. The van der Waals surface area contributed by atoms with E-state index >= 15 is 0 Å². The Morgan fingerprint density at radius 2 is 1.42 bits per heavy atom. The molecule has 4 nitrogen and oxygen atoms in total. The van der Waals surface area contributed by atoms with E-state index in [-0.39, 0.29) is 5.91 Å². The molecule has 1 aliphatic rings. The smallest absolute Gasteiger partial charge is 0.279 e. The van der Waals surface area contributed by atoms with Crippen LogP contribution in [0.15, 0.2) is 30.3 Å². The average molecular weight is 700 g/mol. The highest BCUT2D eigenvalue weighted by Gasteiger charge is 2.30. The minimum atomic E-state index is 0.131. The van der Waals surface area contributed by atoms with Gasteiger partial charge in [0, 0.05) is 16.8 Å². The number of aryl methyl sites for hydroxylation is 3. The van der Waals surface area contributed by atoms with Crippen molar-refractivity contribution in [2.45, 2.75) is 143 Å². The Balaban J connectivity index is 1.59. The third-order valence-electron chi connectivity index (χ3n) is 10.9. The van der Waals surface area contributed by atoms with Crippen LogP contribution in [0, 0.1) is 27.7 Å². The van der Waals surface area contributed by atoms with Gasteiger partial charge in [-0.3, -0.25) is 9.69 Å². The van der Waals surface area contributed by atoms with E-state index in [4.69, 9.17) is 11.6 Å². The second kappa shape index (κ2) is 22.3. The second-order valence-electron chi connectivity index (χ2n) is 14.9. The summed E-state index contributed by atoms with van der Waals surface area (Å²) in [5.41, 5.74) is 7.41. The molecule has 2 atom stereocenters. The molecular weight excluding hydrogens is 630 g/mol. The Morgan fingerprint density at radius 1 is 0.812 bits per heavy atom. The van der Waals surface area contributed by atoms with Crippen molar-refractivity contribution in [2.75, 3.05) is 50.3 Å². The van der Waals surface area contributed by atoms with Crippen LogP contribution in [-0.4, -0.2) is 60.3 Å². The van der Waals surface area contributed by atoms with Crippen LogP contribution in [0.3, 0.4) is 0 Å². The third kappa shape index (κ3) is 13.3. The summed E-state index contributed by atoms with van der Waals surface area (Å²) < 4.78 is 0.911. The highest BCUT2D eigenvalue weighted by molar-refractivity contribution is 7.80. The molecule has 0 aromatic heterocycles. The summed E-state index contributed by atoms with van der Waals surface area (Å²) >= 11 is 10.9. The number of hydrogen-bond donors (Lipinski definition) is 2. The summed E-state index contributed by atoms with van der Waals surface area (Å²) in [6, 6.07) is 11.3. The number of rotatable bonds is 23. The van der Waals surface area contributed by atoms with Gasteiger partial charge in [-0.2, -0.15) is 12.6 Å². The van der Waals surface area contributed by atoms with Crippen molar-refractivity contribution in [1.29, 1.82) is 0 Å². The maximum Gasteiger partial charge on any atom is 0.279 e. The number of nitrogens with zero attached hydrogens (tertiary/aromatic N) is 2.